The van der Waals surface area contributed by atoms with E-state index in [0.29, 0.717) is 91.5 Å². The molecule has 9 heteroatoms. The van der Waals surface area contributed by atoms with Gasteiger partial charge in [-0.3, -0.25) is 0 Å². The third kappa shape index (κ3) is 23.2. The molecule has 0 aliphatic carbocycles. The van der Waals surface area contributed by atoms with Gasteiger partial charge in [-0.05, 0) is 13.3 Å². The van der Waals surface area contributed by atoms with Crippen molar-refractivity contribution in [1.82, 2.24) is 0 Å². The molecular weight excluding hydrogens is 396 g/mol. The van der Waals surface area contributed by atoms with Crippen LogP contribution in [0.2, 0.25) is 0 Å². The normalized spacial score (nSPS) is 11.0. The molecule has 0 atom stereocenters. The molecule has 0 rings (SSSR count). The number of carbonyl (C=O) groups is 1. The van der Waals surface area contributed by atoms with Crippen molar-refractivity contribution >= 4 is 5.97 Å². The highest BCUT2D eigenvalue weighted by Crippen LogP contribution is 1.91. The van der Waals surface area contributed by atoms with E-state index in [1.807, 2.05) is 0 Å². The zero-order valence-corrected chi connectivity index (χ0v) is 18.7. The lowest BCUT2D eigenvalue weighted by molar-refractivity contribution is -0.140. The maximum atomic E-state index is 11.1. The van der Waals surface area contributed by atoms with E-state index in [2.05, 4.69) is 13.5 Å². The first-order valence-electron chi connectivity index (χ1n) is 10.5. The molecule has 0 aliphatic rings. The molecule has 0 spiro atoms. The molecule has 0 unspecified atom stereocenters. The second kappa shape index (κ2) is 24.2. The van der Waals surface area contributed by atoms with Gasteiger partial charge < -0.3 is 37.9 Å². The Balaban J connectivity index is 3.05. The van der Waals surface area contributed by atoms with Crippen LogP contribution in [0.1, 0.15) is 20.3 Å². The van der Waals surface area contributed by atoms with Crippen molar-refractivity contribution in [1.29, 1.82) is 0 Å². The second-order valence-corrected chi connectivity index (χ2v) is 6.20. The van der Waals surface area contributed by atoms with Gasteiger partial charge in [0.15, 0.2) is 0 Å². The Labute approximate surface area is 180 Å². The van der Waals surface area contributed by atoms with E-state index in [1.165, 1.54) is 0 Å². The van der Waals surface area contributed by atoms with Gasteiger partial charge in [0, 0.05) is 12.2 Å². The average Bonchev–Trinajstić information content (AvgIpc) is 2.74. The summed E-state index contributed by atoms with van der Waals surface area (Å²) < 4.78 is 42.4. The van der Waals surface area contributed by atoms with Gasteiger partial charge in [0.1, 0.15) is 6.61 Å². The molecule has 0 aromatic heterocycles. The first-order valence-corrected chi connectivity index (χ1v) is 10.5. The molecular formula is C21H40O9. The minimum absolute atomic E-state index is 0.210. The van der Waals surface area contributed by atoms with Gasteiger partial charge in [0.2, 0.25) is 0 Å². The Morgan fingerprint density at radius 2 is 0.800 bits per heavy atom. The van der Waals surface area contributed by atoms with Crippen LogP contribution in [0.25, 0.3) is 0 Å². The second-order valence-electron chi connectivity index (χ2n) is 6.20. The van der Waals surface area contributed by atoms with Crippen LogP contribution < -0.4 is 0 Å². The molecule has 0 bridgehead atoms. The fraction of sp³-hybridized carbons (Fsp3) is 0.857. The van der Waals surface area contributed by atoms with Gasteiger partial charge in [-0.15, -0.1) is 0 Å². The minimum atomic E-state index is -0.405. The molecule has 30 heavy (non-hydrogen) atoms. The molecule has 178 valence electrons. The molecule has 0 amide bonds. The molecule has 0 saturated heterocycles. The quantitative estimate of drug-likeness (QED) is 0.127. The Kier molecular flexibility index (Phi) is 23.3. The van der Waals surface area contributed by atoms with Crippen molar-refractivity contribution in [2.45, 2.75) is 20.3 Å². The molecule has 0 aromatic carbocycles. The highest BCUT2D eigenvalue weighted by atomic mass is 16.6. The lowest BCUT2D eigenvalue weighted by atomic mass is 10.4. The van der Waals surface area contributed by atoms with Crippen LogP contribution in [0.3, 0.4) is 0 Å². The summed E-state index contributed by atoms with van der Waals surface area (Å²) in [4.78, 5) is 11.1. The summed E-state index contributed by atoms with van der Waals surface area (Å²) in [5.74, 6) is -0.405. The zero-order chi connectivity index (χ0) is 22.1. The Hall–Kier alpha value is -1.07. The van der Waals surface area contributed by atoms with Crippen LogP contribution in [0, 0.1) is 0 Å². The summed E-state index contributed by atoms with van der Waals surface area (Å²) in [5.41, 5.74) is 0.377. The lowest BCUT2D eigenvalue weighted by Gasteiger charge is -2.08. The summed E-state index contributed by atoms with van der Waals surface area (Å²) in [6, 6.07) is 0. The summed E-state index contributed by atoms with van der Waals surface area (Å²) in [5, 5.41) is 0. The summed E-state index contributed by atoms with van der Waals surface area (Å²) in [6.07, 6.45) is 1.02. The number of ether oxygens (including phenoxy) is 8. The van der Waals surface area contributed by atoms with E-state index in [1.54, 1.807) is 6.92 Å². The van der Waals surface area contributed by atoms with Crippen LogP contribution >= 0.6 is 0 Å². The van der Waals surface area contributed by atoms with Crippen molar-refractivity contribution in [3.63, 3.8) is 0 Å². The first-order chi connectivity index (χ1) is 14.7. The largest absolute Gasteiger partial charge is 0.460 e. The molecule has 0 aliphatic heterocycles. The standard InChI is InChI=1S/C21H40O9/c1-4-5-23-6-7-24-8-9-25-10-11-26-12-13-27-14-15-28-16-17-29-18-19-30-21(22)20(2)3/h2,4-19H2,1,3H3. The molecule has 0 aromatic rings. The Bertz CT molecular complexity index is 391. The molecule has 0 N–H and O–H groups in total. The fourth-order valence-electron chi connectivity index (χ4n) is 1.88. The van der Waals surface area contributed by atoms with E-state index in [9.17, 15) is 4.79 Å². The summed E-state index contributed by atoms with van der Waals surface area (Å²) >= 11 is 0. The maximum Gasteiger partial charge on any atom is 0.333 e. The zero-order valence-electron chi connectivity index (χ0n) is 18.7. The highest BCUT2D eigenvalue weighted by molar-refractivity contribution is 5.86. The van der Waals surface area contributed by atoms with E-state index >= 15 is 0 Å². The van der Waals surface area contributed by atoms with E-state index < -0.39 is 5.97 Å². The van der Waals surface area contributed by atoms with Crippen molar-refractivity contribution in [3.8, 4) is 0 Å². The van der Waals surface area contributed by atoms with Crippen molar-refractivity contribution in [2.24, 2.45) is 0 Å². The predicted octanol–water partition coefficient (Wildman–Crippen LogP) is 1.63. The van der Waals surface area contributed by atoms with Crippen LogP contribution in [-0.4, -0.2) is 105 Å². The van der Waals surface area contributed by atoms with Crippen LogP contribution in [-0.2, 0) is 42.7 Å². The summed E-state index contributed by atoms with van der Waals surface area (Å²) in [6.45, 7) is 14.8. The Morgan fingerprint density at radius 1 is 0.533 bits per heavy atom. The van der Waals surface area contributed by atoms with Gasteiger partial charge in [0.05, 0.1) is 85.9 Å². The molecule has 0 radical (unpaired) electrons. The molecule has 0 heterocycles. The highest BCUT2D eigenvalue weighted by Gasteiger charge is 2.01. The van der Waals surface area contributed by atoms with E-state index in [4.69, 9.17) is 37.9 Å². The predicted molar refractivity (Wildman–Crippen MR) is 112 cm³/mol. The Morgan fingerprint density at radius 3 is 1.07 bits per heavy atom. The molecule has 9 nitrogen and oxygen atoms in total. The number of hydrogen-bond acceptors (Lipinski definition) is 9. The fourth-order valence-corrected chi connectivity index (χ4v) is 1.88. The van der Waals surface area contributed by atoms with Gasteiger partial charge in [0.25, 0.3) is 0 Å². The van der Waals surface area contributed by atoms with Gasteiger partial charge in [-0.1, -0.05) is 13.5 Å². The number of esters is 1. The van der Waals surface area contributed by atoms with Crippen molar-refractivity contribution in [2.75, 3.05) is 99.1 Å². The average molecular weight is 437 g/mol. The number of rotatable bonds is 24. The monoisotopic (exact) mass is 436 g/mol. The van der Waals surface area contributed by atoms with Crippen LogP contribution in [0.15, 0.2) is 12.2 Å². The smallest absolute Gasteiger partial charge is 0.333 e. The van der Waals surface area contributed by atoms with E-state index in [0.717, 1.165) is 13.0 Å². The van der Waals surface area contributed by atoms with Crippen LogP contribution in [0.4, 0.5) is 0 Å². The lowest BCUT2D eigenvalue weighted by Crippen LogP contribution is -2.15. The third-order valence-electron chi connectivity index (χ3n) is 3.39. The number of carbonyl (C=O) groups excluding carboxylic acids is 1. The van der Waals surface area contributed by atoms with E-state index in [-0.39, 0.29) is 6.61 Å². The molecule has 0 saturated carbocycles. The number of hydrogen-bond donors (Lipinski definition) is 0. The molecule has 0 fully saturated rings. The van der Waals surface area contributed by atoms with Gasteiger partial charge in [-0.2, -0.15) is 0 Å². The minimum Gasteiger partial charge on any atom is -0.460 e. The van der Waals surface area contributed by atoms with Crippen molar-refractivity contribution < 1.29 is 42.7 Å². The van der Waals surface area contributed by atoms with Crippen LogP contribution in [0.5, 0.6) is 0 Å². The maximum absolute atomic E-state index is 11.1. The van der Waals surface area contributed by atoms with Crippen molar-refractivity contribution in [3.05, 3.63) is 12.2 Å². The van der Waals surface area contributed by atoms with Gasteiger partial charge >= 0.3 is 5.97 Å². The van der Waals surface area contributed by atoms with Gasteiger partial charge in [-0.25, -0.2) is 4.79 Å². The topological polar surface area (TPSA) is 90.9 Å². The summed E-state index contributed by atoms with van der Waals surface area (Å²) in [7, 11) is 0. The third-order valence-corrected chi connectivity index (χ3v) is 3.39. The SMILES string of the molecule is C=C(C)C(=O)OCCOCCOCCOCCOCCOCCOCCOCCC. The first kappa shape index (κ1) is 28.9.